The summed E-state index contributed by atoms with van der Waals surface area (Å²) in [4.78, 5) is 8.28. The van der Waals surface area contributed by atoms with Crippen molar-refractivity contribution >= 4 is 5.95 Å². The lowest BCUT2D eigenvalue weighted by Gasteiger charge is -2.26. The van der Waals surface area contributed by atoms with Crippen LogP contribution in [-0.2, 0) is 9.47 Å². The first-order valence-electron chi connectivity index (χ1n) is 7.19. The fourth-order valence-electron chi connectivity index (χ4n) is 2.84. The summed E-state index contributed by atoms with van der Waals surface area (Å²) < 4.78 is 12.1. The Hall–Kier alpha value is -1.20. The topological polar surface area (TPSA) is 56.3 Å². The Labute approximate surface area is 113 Å². The van der Waals surface area contributed by atoms with Crippen LogP contribution in [-0.4, -0.2) is 35.0 Å². The maximum atomic E-state index is 6.15. The molecule has 3 rings (SSSR count). The first kappa shape index (κ1) is 12.8. The monoisotopic (exact) mass is 263 g/mol. The van der Waals surface area contributed by atoms with E-state index in [4.69, 9.17) is 9.47 Å². The van der Waals surface area contributed by atoms with Gasteiger partial charge in [0.15, 0.2) is 5.79 Å². The van der Waals surface area contributed by atoms with Gasteiger partial charge in [0.2, 0.25) is 5.95 Å². The molecule has 0 amide bonds. The minimum absolute atomic E-state index is 0.0990. The largest absolute Gasteiger partial charge is 0.352 e. The van der Waals surface area contributed by atoms with Gasteiger partial charge in [-0.05, 0) is 18.9 Å². The maximum Gasteiger partial charge on any atom is 0.222 e. The summed E-state index contributed by atoms with van der Waals surface area (Å²) >= 11 is 0. The summed E-state index contributed by atoms with van der Waals surface area (Å²) in [6.07, 6.45) is 10.6. The minimum Gasteiger partial charge on any atom is -0.352 e. The molecule has 1 aliphatic carbocycles. The maximum absolute atomic E-state index is 6.15. The van der Waals surface area contributed by atoms with E-state index in [9.17, 15) is 0 Å². The highest BCUT2D eigenvalue weighted by atomic mass is 16.7. The van der Waals surface area contributed by atoms with Gasteiger partial charge < -0.3 is 14.8 Å². The standard InChI is InChI=1S/C14H21N3O2/c1-2-4-7-14(6-3-1)18-11-12(19-14)10-17-13-15-8-5-9-16-13/h5,8-9,12H,1-4,6-7,10-11H2,(H,15,16,17)/t12-/m0/s1. The minimum atomic E-state index is -0.305. The summed E-state index contributed by atoms with van der Waals surface area (Å²) in [6.45, 7) is 1.37. The normalized spacial score (nSPS) is 26.2. The number of hydrogen-bond acceptors (Lipinski definition) is 5. The van der Waals surface area contributed by atoms with Gasteiger partial charge in [0.25, 0.3) is 0 Å². The van der Waals surface area contributed by atoms with E-state index in [0.717, 1.165) is 12.8 Å². The summed E-state index contributed by atoms with van der Waals surface area (Å²) in [5, 5.41) is 3.20. The van der Waals surface area contributed by atoms with E-state index in [1.807, 2.05) is 0 Å². The van der Waals surface area contributed by atoms with Crippen LogP contribution in [0.4, 0.5) is 5.95 Å². The van der Waals surface area contributed by atoms with Crippen LogP contribution >= 0.6 is 0 Å². The Morgan fingerprint density at radius 3 is 2.63 bits per heavy atom. The molecule has 0 bridgehead atoms. The third-order valence-electron chi connectivity index (χ3n) is 3.83. The molecule has 1 aliphatic heterocycles. The molecule has 1 saturated carbocycles. The van der Waals surface area contributed by atoms with Crippen molar-refractivity contribution in [3.63, 3.8) is 0 Å². The first-order chi connectivity index (χ1) is 9.36. The van der Waals surface area contributed by atoms with Crippen LogP contribution in [0.3, 0.4) is 0 Å². The predicted molar refractivity (Wildman–Crippen MR) is 71.8 cm³/mol. The molecule has 2 heterocycles. The molecule has 0 aromatic carbocycles. The summed E-state index contributed by atoms with van der Waals surface area (Å²) in [6, 6.07) is 1.81. The lowest BCUT2D eigenvalue weighted by Crippen LogP contribution is -2.31. The number of ether oxygens (including phenoxy) is 2. The zero-order chi connectivity index (χ0) is 13.0. The lowest BCUT2D eigenvalue weighted by molar-refractivity contribution is -0.174. The molecule has 104 valence electrons. The second-order valence-corrected chi connectivity index (χ2v) is 5.33. The Morgan fingerprint density at radius 1 is 1.16 bits per heavy atom. The van der Waals surface area contributed by atoms with Crippen LogP contribution in [0.5, 0.6) is 0 Å². The molecule has 2 fully saturated rings. The highest BCUT2D eigenvalue weighted by molar-refractivity contribution is 5.22. The van der Waals surface area contributed by atoms with Gasteiger partial charge in [-0.2, -0.15) is 0 Å². The second-order valence-electron chi connectivity index (χ2n) is 5.33. The zero-order valence-corrected chi connectivity index (χ0v) is 11.2. The molecule has 0 radical (unpaired) electrons. The van der Waals surface area contributed by atoms with Gasteiger partial charge in [0.1, 0.15) is 6.10 Å². The smallest absolute Gasteiger partial charge is 0.222 e. The quantitative estimate of drug-likeness (QED) is 0.907. The first-order valence-corrected chi connectivity index (χ1v) is 7.19. The van der Waals surface area contributed by atoms with Crippen molar-refractivity contribution in [1.82, 2.24) is 9.97 Å². The summed E-state index contributed by atoms with van der Waals surface area (Å²) in [5.41, 5.74) is 0. The van der Waals surface area contributed by atoms with Crippen LogP contribution in [0.15, 0.2) is 18.5 Å². The fourth-order valence-corrected chi connectivity index (χ4v) is 2.84. The number of nitrogens with one attached hydrogen (secondary N) is 1. The third kappa shape index (κ3) is 3.22. The van der Waals surface area contributed by atoms with E-state index in [1.165, 1.54) is 25.7 Å². The molecule has 0 unspecified atom stereocenters. The molecule has 5 heteroatoms. The molecule has 19 heavy (non-hydrogen) atoms. The van der Waals surface area contributed by atoms with Gasteiger partial charge in [0, 0.05) is 31.8 Å². The Balaban J connectivity index is 1.51. The van der Waals surface area contributed by atoms with Crippen LogP contribution in [0.1, 0.15) is 38.5 Å². The lowest BCUT2D eigenvalue weighted by atomic mass is 10.1. The molecular formula is C14H21N3O2. The number of rotatable bonds is 3. The van der Waals surface area contributed by atoms with Gasteiger partial charge in [-0.15, -0.1) is 0 Å². The predicted octanol–water partition coefficient (Wildman–Crippen LogP) is 2.35. The molecule has 1 N–H and O–H groups in total. The highest BCUT2D eigenvalue weighted by Gasteiger charge is 2.41. The van der Waals surface area contributed by atoms with Crippen LogP contribution in [0.2, 0.25) is 0 Å². The summed E-state index contributed by atoms with van der Waals surface area (Å²) in [5.74, 6) is 0.341. The summed E-state index contributed by atoms with van der Waals surface area (Å²) in [7, 11) is 0. The molecule has 1 spiro atoms. The Bertz CT molecular complexity index is 391. The van der Waals surface area contributed by atoms with Crippen molar-refractivity contribution in [2.45, 2.75) is 50.4 Å². The van der Waals surface area contributed by atoms with E-state index in [1.54, 1.807) is 18.5 Å². The molecule has 5 nitrogen and oxygen atoms in total. The number of aromatic nitrogens is 2. The van der Waals surface area contributed by atoms with E-state index in [0.29, 0.717) is 19.1 Å². The van der Waals surface area contributed by atoms with Crippen molar-refractivity contribution in [2.75, 3.05) is 18.5 Å². The Kier molecular flexibility index (Phi) is 3.94. The van der Waals surface area contributed by atoms with Gasteiger partial charge in [0.05, 0.1) is 6.61 Å². The molecular weight excluding hydrogens is 242 g/mol. The average molecular weight is 263 g/mol. The molecule has 1 saturated heterocycles. The molecule has 1 aromatic rings. The van der Waals surface area contributed by atoms with E-state index in [-0.39, 0.29) is 11.9 Å². The number of nitrogens with zero attached hydrogens (tertiary/aromatic N) is 2. The van der Waals surface area contributed by atoms with Crippen molar-refractivity contribution in [3.8, 4) is 0 Å². The number of hydrogen-bond donors (Lipinski definition) is 1. The van der Waals surface area contributed by atoms with Crippen LogP contribution in [0.25, 0.3) is 0 Å². The second kappa shape index (κ2) is 5.84. The van der Waals surface area contributed by atoms with E-state index in [2.05, 4.69) is 15.3 Å². The molecule has 1 atom stereocenters. The molecule has 1 aromatic heterocycles. The van der Waals surface area contributed by atoms with Crippen molar-refractivity contribution in [1.29, 1.82) is 0 Å². The van der Waals surface area contributed by atoms with Gasteiger partial charge in [-0.1, -0.05) is 12.8 Å². The van der Waals surface area contributed by atoms with E-state index < -0.39 is 0 Å². The van der Waals surface area contributed by atoms with Gasteiger partial charge in [-0.25, -0.2) is 9.97 Å². The zero-order valence-electron chi connectivity index (χ0n) is 11.2. The van der Waals surface area contributed by atoms with Gasteiger partial charge in [-0.3, -0.25) is 0 Å². The Morgan fingerprint density at radius 2 is 1.89 bits per heavy atom. The molecule has 2 aliphatic rings. The third-order valence-corrected chi connectivity index (χ3v) is 3.83. The SMILES string of the molecule is c1cnc(NC[C@H]2COC3(CCCCCC3)O2)nc1. The highest BCUT2D eigenvalue weighted by Crippen LogP contribution is 2.36. The van der Waals surface area contributed by atoms with E-state index >= 15 is 0 Å². The van der Waals surface area contributed by atoms with Crippen LogP contribution < -0.4 is 5.32 Å². The average Bonchev–Trinajstić information content (AvgIpc) is 2.70. The van der Waals surface area contributed by atoms with Gasteiger partial charge >= 0.3 is 0 Å². The van der Waals surface area contributed by atoms with Crippen molar-refractivity contribution in [2.24, 2.45) is 0 Å². The van der Waals surface area contributed by atoms with Crippen molar-refractivity contribution < 1.29 is 9.47 Å². The number of anilines is 1. The van der Waals surface area contributed by atoms with Crippen molar-refractivity contribution in [3.05, 3.63) is 18.5 Å². The fraction of sp³-hybridized carbons (Fsp3) is 0.714. The van der Waals surface area contributed by atoms with Crippen LogP contribution in [0, 0.1) is 0 Å².